The molecule has 31 heavy (non-hydrogen) atoms. The number of halogens is 17. The molecule has 0 rings (SSSR count). The van der Waals surface area contributed by atoms with Crippen molar-refractivity contribution in [3.8, 4) is 0 Å². The first-order valence-electron chi connectivity index (χ1n) is 7.20. The second kappa shape index (κ2) is 7.95. The van der Waals surface area contributed by atoms with Crippen LogP contribution in [-0.4, -0.2) is 71.1 Å². The molecule has 0 bridgehead atoms. The number of hydrogen-bond acceptors (Lipinski definition) is 2. The summed E-state index contributed by atoms with van der Waals surface area (Å²) >= 11 is 0. The zero-order valence-electron chi connectivity index (χ0n) is 14.0. The molecular weight excluding hydrogens is 499 g/mol. The van der Waals surface area contributed by atoms with Crippen LogP contribution in [0.3, 0.4) is 0 Å². The second-order valence-electron chi connectivity index (χ2n) is 5.96. The molecule has 0 aliphatic rings. The standard InChI is InChI=1S/C12H9F17O2/c13-5(14,4(3-31)1-2-30)6(15,16)7(17,18)8(19,20)9(21,22)10(23,24)11(25,26)12(27,28)29/h4,30-31H,1-3H2/t4-/m1/s1. The molecule has 1 atom stereocenters. The van der Waals surface area contributed by atoms with E-state index in [0.717, 1.165) is 0 Å². The van der Waals surface area contributed by atoms with E-state index in [1.165, 1.54) is 0 Å². The minimum absolute atomic E-state index is 1.62. The molecule has 19 heteroatoms. The summed E-state index contributed by atoms with van der Waals surface area (Å²) in [4.78, 5) is 0. The molecule has 0 heterocycles. The fourth-order valence-corrected chi connectivity index (χ4v) is 1.98. The van der Waals surface area contributed by atoms with Crippen LogP contribution < -0.4 is 0 Å². The fraction of sp³-hybridized carbons (Fsp3) is 1.00. The number of hydrogen-bond donors (Lipinski definition) is 2. The van der Waals surface area contributed by atoms with Crippen LogP contribution in [0.5, 0.6) is 0 Å². The van der Waals surface area contributed by atoms with Gasteiger partial charge in [0.15, 0.2) is 0 Å². The summed E-state index contributed by atoms with van der Waals surface area (Å²) in [7, 11) is 0. The van der Waals surface area contributed by atoms with Crippen LogP contribution in [0.1, 0.15) is 6.42 Å². The van der Waals surface area contributed by atoms with Gasteiger partial charge >= 0.3 is 47.6 Å². The van der Waals surface area contributed by atoms with E-state index < -0.39 is 73.2 Å². The summed E-state index contributed by atoms with van der Waals surface area (Å²) in [5, 5.41) is 16.8. The molecule has 0 aromatic carbocycles. The third kappa shape index (κ3) is 3.88. The molecule has 0 unspecified atom stereocenters. The predicted octanol–water partition coefficient (Wildman–Crippen LogP) is 4.99. The number of aliphatic hydroxyl groups is 2. The van der Waals surface area contributed by atoms with Crippen LogP contribution in [0.2, 0.25) is 0 Å². The fourth-order valence-electron chi connectivity index (χ4n) is 1.98. The molecule has 0 aromatic heterocycles. The summed E-state index contributed by atoms with van der Waals surface area (Å²) in [6.07, 6.45) is -9.58. The average molecular weight is 508 g/mol. The van der Waals surface area contributed by atoms with Crippen molar-refractivity contribution in [3.05, 3.63) is 0 Å². The lowest BCUT2D eigenvalue weighted by Gasteiger charge is -2.43. The van der Waals surface area contributed by atoms with E-state index in [9.17, 15) is 74.6 Å². The van der Waals surface area contributed by atoms with Gasteiger partial charge in [0.2, 0.25) is 0 Å². The lowest BCUT2D eigenvalue weighted by atomic mass is 9.84. The first kappa shape index (κ1) is 29.7. The first-order chi connectivity index (χ1) is 13.3. The number of aliphatic hydroxyl groups excluding tert-OH is 2. The summed E-state index contributed by atoms with van der Waals surface area (Å²) in [6, 6.07) is 0. The summed E-state index contributed by atoms with van der Waals surface area (Å²) in [5.41, 5.74) is 0. The van der Waals surface area contributed by atoms with Crippen LogP contribution >= 0.6 is 0 Å². The smallest absolute Gasteiger partial charge is 0.396 e. The van der Waals surface area contributed by atoms with Gasteiger partial charge in [-0.3, -0.25) is 0 Å². The minimum atomic E-state index is -8.69. The summed E-state index contributed by atoms with van der Waals surface area (Å²) < 4.78 is 221. The van der Waals surface area contributed by atoms with E-state index in [0.29, 0.717) is 0 Å². The van der Waals surface area contributed by atoms with Crippen LogP contribution in [-0.2, 0) is 0 Å². The molecule has 0 radical (unpaired) electrons. The predicted molar refractivity (Wildman–Crippen MR) is 63.0 cm³/mol. The van der Waals surface area contributed by atoms with Gasteiger partial charge < -0.3 is 10.2 Å². The van der Waals surface area contributed by atoms with E-state index in [1.54, 1.807) is 0 Å². The van der Waals surface area contributed by atoms with Gasteiger partial charge in [-0.05, 0) is 6.42 Å². The molecule has 0 amide bonds. The molecule has 0 saturated carbocycles. The summed E-state index contributed by atoms with van der Waals surface area (Å²) in [5.74, 6) is -60.6. The van der Waals surface area contributed by atoms with E-state index in [-0.39, 0.29) is 0 Å². The Morgan fingerprint density at radius 3 is 1.00 bits per heavy atom. The highest BCUT2D eigenvalue weighted by molar-refractivity contribution is 5.15. The van der Waals surface area contributed by atoms with E-state index >= 15 is 0 Å². The topological polar surface area (TPSA) is 40.5 Å². The summed E-state index contributed by atoms with van der Waals surface area (Å²) in [6.45, 7) is -3.92. The van der Waals surface area contributed by atoms with Crippen LogP contribution in [0.4, 0.5) is 74.6 Å². The van der Waals surface area contributed by atoms with E-state index in [2.05, 4.69) is 0 Å². The molecule has 0 aliphatic carbocycles. The van der Waals surface area contributed by atoms with Gasteiger partial charge in [0, 0.05) is 6.61 Å². The first-order valence-corrected chi connectivity index (χ1v) is 7.20. The van der Waals surface area contributed by atoms with E-state index in [4.69, 9.17) is 10.2 Å². The van der Waals surface area contributed by atoms with Crippen LogP contribution in [0, 0.1) is 5.92 Å². The van der Waals surface area contributed by atoms with Crippen molar-refractivity contribution in [2.75, 3.05) is 13.2 Å². The monoisotopic (exact) mass is 508 g/mol. The third-order valence-corrected chi connectivity index (χ3v) is 3.96. The number of alkyl halides is 17. The lowest BCUT2D eigenvalue weighted by Crippen LogP contribution is -2.75. The SMILES string of the molecule is OCC[C@H](CO)C(F)(F)C(F)(F)C(F)(F)C(F)(F)C(F)(F)C(F)(F)C(F)(F)C(F)(F)F. The van der Waals surface area contributed by atoms with Gasteiger partial charge in [0.1, 0.15) is 0 Å². The quantitative estimate of drug-likeness (QED) is 0.409. The Morgan fingerprint density at radius 1 is 0.452 bits per heavy atom. The van der Waals surface area contributed by atoms with Crippen molar-refractivity contribution < 1.29 is 84.9 Å². The second-order valence-corrected chi connectivity index (χ2v) is 5.96. The molecule has 0 aliphatic heterocycles. The molecule has 0 spiro atoms. The van der Waals surface area contributed by atoms with Crippen molar-refractivity contribution >= 4 is 0 Å². The zero-order valence-corrected chi connectivity index (χ0v) is 14.0. The highest BCUT2D eigenvalue weighted by Gasteiger charge is 2.95. The molecule has 2 N–H and O–H groups in total. The molecular formula is C12H9F17O2. The van der Waals surface area contributed by atoms with Gasteiger partial charge in [-0.15, -0.1) is 0 Å². The Labute approximate surface area is 159 Å². The van der Waals surface area contributed by atoms with Gasteiger partial charge in [0.05, 0.1) is 12.5 Å². The Bertz CT molecular complexity index is 623. The Morgan fingerprint density at radius 2 is 0.742 bits per heavy atom. The molecule has 0 fully saturated rings. The maximum atomic E-state index is 13.6. The van der Waals surface area contributed by atoms with Crippen molar-refractivity contribution in [2.45, 2.75) is 54.1 Å². The number of rotatable bonds is 10. The average Bonchev–Trinajstić information content (AvgIpc) is 2.57. The maximum absolute atomic E-state index is 13.6. The van der Waals surface area contributed by atoms with Gasteiger partial charge in [0.25, 0.3) is 0 Å². The molecule has 188 valence electrons. The molecule has 0 saturated heterocycles. The van der Waals surface area contributed by atoms with Crippen molar-refractivity contribution in [2.24, 2.45) is 5.92 Å². The Balaban J connectivity index is 6.76. The van der Waals surface area contributed by atoms with Crippen molar-refractivity contribution in [3.63, 3.8) is 0 Å². The van der Waals surface area contributed by atoms with E-state index in [1.807, 2.05) is 0 Å². The highest BCUT2D eigenvalue weighted by atomic mass is 19.4. The highest BCUT2D eigenvalue weighted by Crippen LogP contribution is 2.64. The minimum Gasteiger partial charge on any atom is -0.396 e. The van der Waals surface area contributed by atoms with Crippen molar-refractivity contribution in [1.29, 1.82) is 0 Å². The molecule has 0 aromatic rings. The third-order valence-electron chi connectivity index (χ3n) is 3.96. The Hall–Kier alpha value is -1.27. The van der Waals surface area contributed by atoms with Crippen molar-refractivity contribution in [1.82, 2.24) is 0 Å². The zero-order chi connectivity index (χ0) is 25.7. The van der Waals surface area contributed by atoms with Crippen LogP contribution in [0.15, 0.2) is 0 Å². The molecule has 2 nitrogen and oxygen atoms in total. The maximum Gasteiger partial charge on any atom is 0.460 e. The lowest BCUT2D eigenvalue weighted by molar-refractivity contribution is -0.463. The Kier molecular flexibility index (Phi) is 7.62. The van der Waals surface area contributed by atoms with Gasteiger partial charge in [-0.25, -0.2) is 0 Å². The van der Waals surface area contributed by atoms with Gasteiger partial charge in [-0.2, -0.15) is 74.6 Å². The van der Waals surface area contributed by atoms with Crippen LogP contribution in [0.25, 0.3) is 0 Å². The van der Waals surface area contributed by atoms with Gasteiger partial charge in [-0.1, -0.05) is 0 Å². The normalized spacial score (nSPS) is 17.1. The largest absolute Gasteiger partial charge is 0.460 e.